The van der Waals surface area contributed by atoms with Crippen molar-refractivity contribution in [2.45, 2.75) is 34.2 Å². The van der Waals surface area contributed by atoms with Crippen molar-refractivity contribution in [2.24, 2.45) is 11.3 Å². The van der Waals surface area contributed by atoms with E-state index in [9.17, 15) is 19.8 Å². The number of hydrogen-bond acceptors (Lipinski definition) is 6. The largest absolute Gasteiger partial charge is 0.493 e. The molecule has 2 N–H and O–H groups in total. The number of pyridine rings is 1. The summed E-state index contributed by atoms with van der Waals surface area (Å²) in [5.41, 5.74) is 0.864. The molecular formula is C23H30N2O6. The lowest BCUT2D eigenvalue weighted by Gasteiger charge is -2.37. The Morgan fingerprint density at radius 1 is 1.29 bits per heavy atom. The molecule has 1 aromatic carbocycles. The molecule has 3 rings (SSSR count). The van der Waals surface area contributed by atoms with Gasteiger partial charge in [-0.25, -0.2) is 4.79 Å². The number of fused-ring (bicyclic) bond motifs is 3. The number of aromatic nitrogens is 1. The van der Waals surface area contributed by atoms with Crippen LogP contribution in [0.2, 0.25) is 0 Å². The fourth-order valence-corrected chi connectivity index (χ4v) is 3.59. The molecule has 0 atom stereocenters. The maximum absolute atomic E-state index is 12.6. The molecule has 1 aliphatic rings. The molecule has 0 saturated carbocycles. The van der Waals surface area contributed by atoms with Crippen LogP contribution in [-0.2, 0) is 6.54 Å². The molecule has 31 heavy (non-hydrogen) atoms. The minimum absolute atomic E-state index is 0.0511. The molecule has 168 valence electrons. The molecule has 1 aliphatic heterocycles. The number of ether oxygens (including phenoxy) is 2. The second kappa shape index (κ2) is 8.63. The van der Waals surface area contributed by atoms with Gasteiger partial charge in [0, 0.05) is 24.2 Å². The van der Waals surface area contributed by atoms with Gasteiger partial charge in [0.1, 0.15) is 5.56 Å². The summed E-state index contributed by atoms with van der Waals surface area (Å²) in [4.78, 5) is 24.2. The van der Waals surface area contributed by atoms with Crippen molar-refractivity contribution in [3.63, 3.8) is 0 Å². The minimum Gasteiger partial charge on any atom is -0.493 e. The molecule has 1 aromatic heterocycles. The summed E-state index contributed by atoms with van der Waals surface area (Å²) in [6.07, 6.45) is 1.38. The van der Waals surface area contributed by atoms with Crippen LogP contribution < -0.4 is 19.9 Å². The van der Waals surface area contributed by atoms with Crippen LogP contribution in [0, 0.1) is 11.3 Å². The normalized spacial score (nSPS) is 13.1. The fraction of sp³-hybridized carbons (Fsp3) is 0.478. The predicted octanol–water partition coefficient (Wildman–Crippen LogP) is 2.73. The Bertz CT molecular complexity index is 1040. The topological polar surface area (TPSA) is 101 Å². The standard InChI is InChI=1S/C23H30N2O6/c1-14(2)9-24-10-15-6-7-19(30-5)21(31-13-23(3,4)12-26)20(15)17-8-18(27)16(22(28)29)11-25(17)24/h6-8,11,14,26H,9-10,12-13H2,1-5H3,(H,28,29). The van der Waals surface area contributed by atoms with Crippen LogP contribution in [0.15, 0.2) is 29.2 Å². The zero-order valence-corrected chi connectivity index (χ0v) is 18.6. The Kier molecular flexibility index (Phi) is 6.31. The van der Waals surface area contributed by atoms with Gasteiger partial charge in [0.2, 0.25) is 0 Å². The number of carboxylic acid groups (broad SMARTS) is 1. The summed E-state index contributed by atoms with van der Waals surface area (Å²) in [6, 6.07) is 5.11. The number of aromatic carboxylic acids is 1. The number of hydrogen-bond donors (Lipinski definition) is 2. The van der Waals surface area contributed by atoms with E-state index < -0.39 is 16.8 Å². The van der Waals surface area contributed by atoms with Gasteiger partial charge in [0.25, 0.3) is 0 Å². The van der Waals surface area contributed by atoms with Crippen LogP contribution in [0.3, 0.4) is 0 Å². The van der Waals surface area contributed by atoms with E-state index in [0.717, 1.165) is 5.56 Å². The number of aliphatic hydroxyl groups excluding tert-OH is 1. The van der Waals surface area contributed by atoms with E-state index in [4.69, 9.17) is 9.47 Å². The second-order valence-electron chi connectivity index (χ2n) is 9.07. The summed E-state index contributed by atoms with van der Waals surface area (Å²) in [5, 5.41) is 21.1. The lowest BCUT2D eigenvalue weighted by Crippen LogP contribution is -2.42. The van der Waals surface area contributed by atoms with Crippen LogP contribution in [0.5, 0.6) is 11.5 Å². The highest BCUT2D eigenvalue weighted by Crippen LogP contribution is 2.43. The molecule has 0 spiro atoms. The monoisotopic (exact) mass is 430 g/mol. The average molecular weight is 431 g/mol. The van der Waals surface area contributed by atoms with Gasteiger partial charge in [0.05, 0.1) is 38.1 Å². The van der Waals surface area contributed by atoms with Crippen molar-refractivity contribution in [1.82, 2.24) is 4.68 Å². The van der Waals surface area contributed by atoms with E-state index in [0.29, 0.717) is 41.8 Å². The molecule has 2 aromatic rings. The second-order valence-corrected chi connectivity index (χ2v) is 9.07. The summed E-state index contributed by atoms with van der Waals surface area (Å²) in [7, 11) is 1.54. The van der Waals surface area contributed by atoms with Gasteiger partial charge in [-0.05, 0) is 17.5 Å². The molecule has 0 unspecified atom stereocenters. The van der Waals surface area contributed by atoms with E-state index in [1.54, 1.807) is 11.8 Å². The molecule has 0 amide bonds. The molecule has 0 radical (unpaired) electrons. The number of benzene rings is 1. The Morgan fingerprint density at radius 2 is 2.00 bits per heavy atom. The summed E-state index contributed by atoms with van der Waals surface area (Å²) in [5.74, 6) is 0.0388. The van der Waals surface area contributed by atoms with E-state index in [2.05, 4.69) is 13.8 Å². The maximum Gasteiger partial charge on any atom is 0.341 e. The van der Waals surface area contributed by atoms with Gasteiger partial charge in [-0.1, -0.05) is 33.8 Å². The molecular weight excluding hydrogens is 400 g/mol. The first-order chi connectivity index (χ1) is 14.6. The Labute approximate surface area is 181 Å². The number of methoxy groups -OCH3 is 1. The SMILES string of the molecule is COc1ccc2c(c1OCC(C)(C)CO)-c1cc(=O)c(C(=O)O)cn1N(CC(C)C)C2. The molecule has 8 nitrogen and oxygen atoms in total. The first kappa shape index (κ1) is 22.7. The fourth-order valence-electron chi connectivity index (χ4n) is 3.59. The smallest absolute Gasteiger partial charge is 0.341 e. The quantitative estimate of drug-likeness (QED) is 0.664. The van der Waals surface area contributed by atoms with Crippen molar-refractivity contribution in [3.8, 4) is 22.8 Å². The van der Waals surface area contributed by atoms with Crippen LogP contribution in [0.4, 0.5) is 0 Å². The average Bonchev–Trinajstić information content (AvgIpc) is 2.70. The van der Waals surface area contributed by atoms with Gasteiger partial charge in [-0.2, -0.15) is 0 Å². The number of aliphatic hydroxyl groups is 1. The van der Waals surface area contributed by atoms with Crippen molar-refractivity contribution in [2.75, 3.05) is 31.9 Å². The van der Waals surface area contributed by atoms with Crippen LogP contribution in [0.1, 0.15) is 43.6 Å². The summed E-state index contributed by atoms with van der Waals surface area (Å²) in [6.45, 7) is 9.31. The Balaban J connectivity index is 2.23. The zero-order chi connectivity index (χ0) is 22.9. The van der Waals surface area contributed by atoms with Gasteiger partial charge in [-0.3, -0.25) is 9.47 Å². The van der Waals surface area contributed by atoms with E-state index in [1.165, 1.54) is 12.3 Å². The third-order valence-corrected chi connectivity index (χ3v) is 5.21. The van der Waals surface area contributed by atoms with E-state index in [1.807, 2.05) is 31.0 Å². The van der Waals surface area contributed by atoms with Gasteiger partial charge in [-0.15, -0.1) is 0 Å². The van der Waals surface area contributed by atoms with Gasteiger partial charge >= 0.3 is 5.97 Å². The molecule has 0 fully saturated rings. The summed E-state index contributed by atoms with van der Waals surface area (Å²) >= 11 is 0. The lowest BCUT2D eigenvalue weighted by atomic mass is 9.95. The molecule has 0 saturated heterocycles. The highest BCUT2D eigenvalue weighted by atomic mass is 16.5. The van der Waals surface area contributed by atoms with Crippen molar-refractivity contribution >= 4 is 5.97 Å². The van der Waals surface area contributed by atoms with Crippen molar-refractivity contribution < 1.29 is 24.5 Å². The third kappa shape index (κ3) is 4.54. The van der Waals surface area contributed by atoms with Crippen LogP contribution in [-0.4, -0.2) is 47.7 Å². The van der Waals surface area contributed by atoms with Crippen LogP contribution in [0.25, 0.3) is 11.3 Å². The zero-order valence-electron chi connectivity index (χ0n) is 18.6. The van der Waals surface area contributed by atoms with E-state index in [-0.39, 0.29) is 18.8 Å². The van der Waals surface area contributed by atoms with Crippen LogP contribution >= 0.6 is 0 Å². The first-order valence-corrected chi connectivity index (χ1v) is 10.3. The Hall–Kier alpha value is -3.00. The number of nitrogens with zero attached hydrogens (tertiary/aromatic N) is 2. The lowest BCUT2D eigenvalue weighted by molar-refractivity contribution is 0.0694. The van der Waals surface area contributed by atoms with Gasteiger partial charge < -0.3 is 24.7 Å². The van der Waals surface area contributed by atoms with Gasteiger partial charge in [0.15, 0.2) is 16.9 Å². The number of carbonyl (C=O) groups is 1. The highest BCUT2D eigenvalue weighted by Gasteiger charge is 2.30. The predicted molar refractivity (Wildman–Crippen MR) is 118 cm³/mol. The summed E-state index contributed by atoms with van der Waals surface area (Å²) < 4.78 is 13.4. The maximum atomic E-state index is 12.6. The third-order valence-electron chi connectivity index (χ3n) is 5.21. The Morgan fingerprint density at radius 3 is 2.58 bits per heavy atom. The highest BCUT2D eigenvalue weighted by molar-refractivity contribution is 5.88. The van der Waals surface area contributed by atoms with Crippen molar-refractivity contribution in [1.29, 1.82) is 0 Å². The minimum atomic E-state index is -1.26. The molecule has 8 heteroatoms. The van der Waals surface area contributed by atoms with Crippen molar-refractivity contribution in [3.05, 3.63) is 45.7 Å². The molecule has 0 bridgehead atoms. The number of rotatable bonds is 8. The first-order valence-electron chi connectivity index (χ1n) is 10.3. The molecule has 0 aliphatic carbocycles. The number of carboxylic acids is 1. The molecule has 2 heterocycles. The van der Waals surface area contributed by atoms with E-state index >= 15 is 0 Å².